The number of hydrogen-bond acceptors (Lipinski definition) is 4. The number of anilines is 1. The highest BCUT2D eigenvalue weighted by atomic mass is 32.1. The standard InChI is InChI=1S/C15H16N2O3S/c1-11-7-8-12(17(19)20)10-14(11)16-15(18)6-2-4-13-5-3-9-21-13/h3,5,7-10H,2,4,6H2,1H3,(H,16,18). The fourth-order valence-electron chi connectivity index (χ4n) is 1.95. The summed E-state index contributed by atoms with van der Waals surface area (Å²) in [7, 11) is 0. The van der Waals surface area contributed by atoms with Crippen LogP contribution in [0.2, 0.25) is 0 Å². The van der Waals surface area contributed by atoms with Crippen molar-refractivity contribution in [3.63, 3.8) is 0 Å². The molecule has 1 aromatic heterocycles. The second-order valence-electron chi connectivity index (χ2n) is 4.74. The zero-order valence-corrected chi connectivity index (χ0v) is 12.5. The van der Waals surface area contributed by atoms with Crippen molar-refractivity contribution in [2.75, 3.05) is 5.32 Å². The normalized spacial score (nSPS) is 10.3. The van der Waals surface area contributed by atoms with Crippen LogP contribution in [-0.2, 0) is 11.2 Å². The summed E-state index contributed by atoms with van der Waals surface area (Å²) >= 11 is 1.68. The fourth-order valence-corrected chi connectivity index (χ4v) is 2.70. The molecule has 6 heteroatoms. The Morgan fingerprint density at radius 3 is 2.86 bits per heavy atom. The van der Waals surface area contributed by atoms with E-state index in [9.17, 15) is 14.9 Å². The van der Waals surface area contributed by atoms with E-state index in [2.05, 4.69) is 5.32 Å². The van der Waals surface area contributed by atoms with E-state index in [1.807, 2.05) is 24.4 Å². The molecule has 2 aromatic rings. The average Bonchev–Trinajstić information content (AvgIpc) is 2.94. The number of benzene rings is 1. The van der Waals surface area contributed by atoms with Crippen molar-refractivity contribution in [3.8, 4) is 0 Å². The first-order valence-electron chi connectivity index (χ1n) is 6.63. The second kappa shape index (κ2) is 6.99. The maximum atomic E-state index is 11.9. The Morgan fingerprint density at radius 2 is 2.19 bits per heavy atom. The lowest BCUT2D eigenvalue weighted by molar-refractivity contribution is -0.384. The lowest BCUT2D eigenvalue weighted by atomic mass is 10.1. The van der Waals surface area contributed by atoms with Crippen molar-refractivity contribution in [3.05, 3.63) is 56.3 Å². The van der Waals surface area contributed by atoms with Gasteiger partial charge in [0.15, 0.2) is 0 Å². The number of nitrogens with one attached hydrogen (secondary N) is 1. The van der Waals surface area contributed by atoms with Gasteiger partial charge in [-0.2, -0.15) is 0 Å². The Kier molecular flexibility index (Phi) is 5.05. The maximum absolute atomic E-state index is 11.9. The molecule has 0 saturated heterocycles. The minimum Gasteiger partial charge on any atom is -0.326 e. The maximum Gasteiger partial charge on any atom is 0.271 e. The van der Waals surface area contributed by atoms with Gasteiger partial charge < -0.3 is 5.32 Å². The molecule has 0 radical (unpaired) electrons. The molecule has 1 aromatic carbocycles. The van der Waals surface area contributed by atoms with E-state index < -0.39 is 4.92 Å². The van der Waals surface area contributed by atoms with Gasteiger partial charge in [-0.1, -0.05) is 12.1 Å². The zero-order valence-electron chi connectivity index (χ0n) is 11.7. The summed E-state index contributed by atoms with van der Waals surface area (Å²) in [4.78, 5) is 23.4. The van der Waals surface area contributed by atoms with Crippen molar-refractivity contribution in [2.45, 2.75) is 26.2 Å². The van der Waals surface area contributed by atoms with Crippen LogP contribution < -0.4 is 5.32 Å². The number of nitrogens with zero attached hydrogens (tertiary/aromatic N) is 1. The van der Waals surface area contributed by atoms with Gasteiger partial charge >= 0.3 is 0 Å². The van der Waals surface area contributed by atoms with E-state index in [0.29, 0.717) is 12.1 Å². The predicted octanol–water partition coefficient (Wildman–Crippen LogP) is 3.93. The zero-order chi connectivity index (χ0) is 15.2. The molecule has 0 atom stereocenters. The largest absolute Gasteiger partial charge is 0.326 e. The van der Waals surface area contributed by atoms with E-state index in [0.717, 1.165) is 18.4 Å². The van der Waals surface area contributed by atoms with Crippen LogP contribution in [0.15, 0.2) is 35.7 Å². The Morgan fingerprint density at radius 1 is 1.38 bits per heavy atom. The van der Waals surface area contributed by atoms with Crippen LogP contribution in [0.4, 0.5) is 11.4 Å². The highest BCUT2D eigenvalue weighted by Gasteiger charge is 2.11. The van der Waals surface area contributed by atoms with E-state index in [4.69, 9.17) is 0 Å². The smallest absolute Gasteiger partial charge is 0.271 e. The van der Waals surface area contributed by atoms with Gasteiger partial charge in [0, 0.05) is 23.4 Å². The van der Waals surface area contributed by atoms with Crippen LogP contribution in [-0.4, -0.2) is 10.8 Å². The number of nitro benzene ring substituents is 1. The molecule has 21 heavy (non-hydrogen) atoms. The monoisotopic (exact) mass is 304 g/mol. The Bertz CT molecular complexity index is 638. The number of non-ortho nitro benzene ring substituents is 1. The van der Waals surface area contributed by atoms with Gasteiger partial charge in [0.25, 0.3) is 5.69 Å². The van der Waals surface area contributed by atoms with Crippen molar-refractivity contribution in [1.29, 1.82) is 0 Å². The minimum absolute atomic E-state index is 0.0190. The van der Waals surface area contributed by atoms with Crippen LogP contribution >= 0.6 is 11.3 Å². The van der Waals surface area contributed by atoms with Crippen molar-refractivity contribution >= 4 is 28.6 Å². The molecule has 0 aliphatic carbocycles. The third kappa shape index (κ3) is 4.39. The predicted molar refractivity (Wildman–Crippen MR) is 83.7 cm³/mol. The van der Waals surface area contributed by atoms with Crippen LogP contribution in [0, 0.1) is 17.0 Å². The van der Waals surface area contributed by atoms with Crippen LogP contribution in [0.3, 0.4) is 0 Å². The van der Waals surface area contributed by atoms with Crippen molar-refractivity contribution in [1.82, 2.24) is 0 Å². The van der Waals surface area contributed by atoms with Crippen LogP contribution in [0.5, 0.6) is 0 Å². The number of amides is 1. The van der Waals surface area contributed by atoms with Crippen LogP contribution in [0.25, 0.3) is 0 Å². The Hall–Kier alpha value is -2.21. The van der Waals surface area contributed by atoms with Gasteiger partial charge in [-0.3, -0.25) is 14.9 Å². The highest BCUT2D eigenvalue weighted by Crippen LogP contribution is 2.22. The molecule has 1 N–H and O–H groups in total. The molecule has 0 unspecified atom stereocenters. The molecule has 0 bridgehead atoms. The molecule has 2 rings (SSSR count). The molecule has 0 fully saturated rings. The fraction of sp³-hybridized carbons (Fsp3) is 0.267. The summed E-state index contributed by atoms with van der Waals surface area (Å²) in [5.74, 6) is -0.116. The summed E-state index contributed by atoms with van der Waals surface area (Å²) < 4.78 is 0. The third-order valence-corrected chi connectivity index (χ3v) is 4.05. The summed E-state index contributed by atoms with van der Waals surface area (Å²) in [5.41, 5.74) is 1.30. The first-order chi connectivity index (χ1) is 10.1. The number of carbonyl (C=O) groups is 1. The Balaban J connectivity index is 1.90. The summed E-state index contributed by atoms with van der Waals surface area (Å²) in [6.45, 7) is 1.81. The summed E-state index contributed by atoms with van der Waals surface area (Å²) in [5, 5.41) is 15.5. The van der Waals surface area contributed by atoms with Gasteiger partial charge in [0.2, 0.25) is 5.91 Å². The number of carbonyl (C=O) groups excluding carboxylic acids is 1. The van der Waals surface area contributed by atoms with Crippen molar-refractivity contribution < 1.29 is 9.72 Å². The Labute approximate surface area is 126 Å². The van der Waals surface area contributed by atoms with E-state index in [1.54, 1.807) is 17.4 Å². The topological polar surface area (TPSA) is 72.2 Å². The van der Waals surface area contributed by atoms with Gasteiger partial charge in [-0.25, -0.2) is 0 Å². The number of hydrogen-bond donors (Lipinski definition) is 1. The summed E-state index contributed by atoms with van der Waals surface area (Å²) in [6, 6.07) is 8.51. The average molecular weight is 304 g/mol. The van der Waals surface area contributed by atoms with E-state index in [-0.39, 0.29) is 11.6 Å². The molecule has 1 amide bonds. The molecule has 110 valence electrons. The summed E-state index contributed by atoms with van der Waals surface area (Å²) in [6.07, 6.45) is 2.04. The quantitative estimate of drug-likeness (QED) is 0.649. The van der Waals surface area contributed by atoms with Crippen LogP contribution in [0.1, 0.15) is 23.3 Å². The lowest BCUT2D eigenvalue weighted by Crippen LogP contribution is -2.12. The highest BCUT2D eigenvalue weighted by molar-refractivity contribution is 7.09. The van der Waals surface area contributed by atoms with Gasteiger partial charge in [0.1, 0.15) is 0 Å². The van der Waals surface area contributed by atoms with Crippen molar-refractivity contribution in [2.24, 2.45) is 0 Å². The molecule has 0 aliphatic rings. The third-order valence-electron chi connectivity index (χ3n) is 3.11. The number of nitro groups is 1. The molecular formula is C15H16N2O3S. The molecule has 1 heterocycles. The first-order valence-corrected chi connectivity index (χ1v) is 7.51. The first kappa shape index (κ1) is 15.2. The minimum atomic E-state index is -0.466. The molecule has 0 aliphatic heterocycles. The molecule has 0 saturated carbocycles. The molecule has 5 nitrogen and oxygen atoms in total. The van der Waals surface area contributed by atoms with Gasteiger partial charge in [0.05, 0.1) is 10.6 Å². The second-order valence-corrected chi connectivity index (χ2v) is 5.77. The van der Waals surface area contributed by atoms with Gasteiger partial charge in [-0.05, 0) is 36.8 Å². The molecule has 0 spiro atoms. The number of rotatable bonds is 6. The SMILES string of the molecule is Cc1ccc([N+](=O)[O-])cc1NC(=O)CCCc1cccs1. The van der Waals surface area contributed by atoms with Gasteiger partial charge in [-0.15, -0.1) is 11.3 Å². The molecular weight excluding hydrogens is 288 g/mol. The van der Waals surface area contributed by atoms with E-state index in [1.165, 1.54) is 17.0 Å². The number of thiophene rings is 1. The van der Waals surface area contributed by atoms with E-state index >= 15 is 0 Å². The lowest BCUT2D eigenvalue weighted by Gasteiger charge is -2.08. The number of aryl methyl sites for hydroxylation is 2.